The van der Waals surface area contributed by atoms with E-state index < -0.39 is 0 Å². The summed E-state index contributed by atoms with van der Waals surface area (Å²) < 4.78 is 9.35. The highest BCUT2D eigenvalue weighted by Gasteiger charge is 2.27. The van der Waals surface area contributed by atoms with Gasteiger partial charge < -0.3 is 10.1 Å². The van der Waals surface area contributed by atoms with Crippen LogP contribution < -0.4 is 11.0 Å². The quantitative estimate of drug-likeness (QED) is 0.575. The summed E-state index contributed by atoms with van der Waals surface area (Å²) in [6, 6.07) is 10.6. The lowest BCUT2D eigenvalue weighted by Crippen LogP contribution is -2.31. The molecule has 1 N–H and O–H groups in total. The molecule has 2 aromatic heterocycles. The second-order valence-corrected chi connectivity index (χ2v) is 9.97. The van der Waals surface area contributed by atoms with Crippen molar-refractivity contribution in [1.82, 2.24) is 19.1 Å². The summed E-state index contributed by atoms with van der Waals surface area (Å²) in [5.41, 5.74) is 4.51. The first kappa shape index (κ1) is 22.8. The van der Waals surface area contributed by atoms with Gasteiger partial charge in [-0.2, -0.15) is 0 Å². The van der Waals surface area contributed by atoms with Crippen LogP contribution in [0.1, 0.15) is 62.7 Å². The van der Waals surface area contributed by atoms with E-state index in [9.17, 15) is 4.79 Å². The van der Waals surface area contributed by atoms with Gasteiger partial charge in [0.2, 0.25) is 5.95 Å². The van der Waals surface area contributed by atoms with Crippen LogP contribution in [0, 0.1) is 19.8 Å². The number of hydrogen-bond acceptors (Lipinski definition) is 5. The van der Waals surface area contributed by atoms with Gasteiger partial charge >= 0.3 is 5.69 Å². The summed E-state index contributed by atoms with van der Waals surface area (Å²) in [7, 11) is 0. The predicted octanol–water partition coefficient (Wildman–Crippen LogP) is 5.05. The van der Waals surface area contributed by atoms with E-state index in [0.29, 0.717) is 25.2 Å². The number of hydrogen-bond donors (Lipinski definition) is 1. The van der Waals surface area contributed by atoms with E-state index in [4.69, 9.17) is 9.72 Å². The Labute approximate surface area is 201 Å². The molecule has 3 heterocycles. The van der Waals surface area contributed by atoms with E-state index in [1.165, 1.54) is 12.8 Å². The number of benzene rings is 1. The van der Waals surface area contributed by atoms with Crippen molar-refractivity contribution in [3.05, 3.63) is 58.3 Å². The van der Waals surface area contributed by atoms with Crippen LogP contribution in [0.5, 0.6) is 0 Å². The second kappa shape index (κ2) is 9.74. The molecular weight excluding hydrogens is 426 g/mol. The van der Waals surface area contributed by atoms with Gasteiger partial charge in [0, 0.05) is 37.2 Å². The first-order chi connectivity index (χ1) is 16.5. The van der Waals surface area contributed by atoms with Gasteiger partial charge in [-0.05, 0) is 82.1 Å². The first-order valence-electron chi connectivity index (χ1n) is 12.6. The molecule has 1 aliphatic heterocycles. The fraction of sp³-hybridized carbons (Fsp3) is 0.519. The molecule has 0 radical (unpaired) electrons. The Bertz CT molecular complexity index is 1200. The van der Waals surface area contributed by atoms with Crippen molar-refractivity contribution in [2.75, 3.05) is 18.5 Å². The number of rotatable bonds is 5. The molecule has 0 unspecified atom stereocenters. The van der Waals surface area contributed by atoms with Crippen LogP contribution >= 0.6 is 0 Å². The highest BCUT2D eigenvalue weighted by Crippen LogP contribution is 2.30. The molecule has 1 aliphatic carbocycles. The Morgan fingerprint density at radius 2 is 1.79 bits per heavy atom. The van der Waals surface area contributed by atoms with Gasteiger partial charge in [0.15, 0.2) is 0 Å². The Hall–Kier alpha value is -2.93. The van der Waals surface area contributed by atoms with Crippen LogP contribution in [0.15, 0.2) is 41.3 Å². The third-order valence-corrected chi connectivity index (χ3v) is 7.39. The Balaban J connectivity index is 1.58. The van der Waals surface area contributed by atoms with Crippen LogP contribution in [0.25, 0.3) is 17.1 Å². The molecule has 7 nitrogen and oxygen atoms in total. The lowest BCUT2D eigenvalue weighted by molar-refractivity contribution is 0.0682. The number of imidazole rings is 1. The largest absolute Gasteiger partial charge is 0.381 e. The highest BCUT2D eigenvalue weighted by atomic mass is 16.5. The zero-order chi connectivity index (χ0) is 23.7. The molecule has 5 rings (SSSR count). The van der Waals surface area contributed by atoms with Crippen LogP contribution in [0.3, 0.4) is 0 Å². The molecule has 0 spiro atoms. The molecule has 1 aromatic carbocycles. The van der Waals surface area contributed by atoms with Crippen LogP contribution in [0.4, 0.5) is 5.95 Å². The monoisotopic (exact) mass is 461 g/mol. The minimum Gasteiger partial charge on any atom is -0.381 e. The highest BCUT2D eigenvalue weighted by molar-refractivity contribution is 5.63. The lowest BCUT2D eigenvalue weighted by atomic mass is 9.87. The SMILES string of the molecule is Cc1cccc(-n2c(-c3ccnc(N[C@H]4CC[C@H](C)CC4)n3)c(C)n(C3CCOCC3)c2=O)c1. The first-order valence-corrected chi connectivity index (χ1v) is 12.6. The Kier molecular flexibility index (Phi) is 6.55. The molecule has 7 heteroatoms. The van der Waals surface area contributed by atoms with Gasteiger partial charge in [0.25, 0.3) is 0 Å². The Morgan fingerprint density at radius 3 is 2.53 bits per heavy atom. The van der Waals surface area contributed by atoms with Gasteiger partial charge in [-0.15, -0.1) is 0 Å². The van der Waals surface area contributed by atoms with Crippen molar-refractivity contribution < 1.29 is 4.74 Å². The summed E-state index contributed by atoms with van der Waals surface area (Å²) in [5.74, 6) is 1.43. The lowest BCUT2D eigenvalue weighted by Gasteiger charge is -2.26. The summed E-state index contributed by atoms with van der Waals surface area (Å²) in [6.45, 7) is 7.78. The summed E-state index contributed by atoms with van der Waals surface area (Å²) in [4.78, 5) is 23.3. The summed E-state index contributed by atoms with van der Waals surface area (Å²) in [6.07, 6.45) is 8.23. The molecule has 0 atom stereocenters. The maximum Gasteiger partial charge on any atom is 0.333 e. The fourth-order valence-corrected chi connectivity index (χ4v) is 5.45. The molecule has 3 aromatic rings. The standard InChI is InChI=1S/C27H35N5O2/c1-18-7-9-21(10-8-18)29-26-28-14-11-24(30-26)25-20(3)31(22-12-15-34-16-13-22)27(33)32(25)23-6-4-5-19(2)17-23/h4-6,11,14,17-18,21-22H,7-10,12-13,15-16H2,1-3H3,(H,28,29,30)/t18-,21-. The summed E-state index contributed by atoms with van der Waals surface area (Å²) in [5, 5.41) is 3.55. The number of nitrogens with one attached hydrogen (secondary N) is 1. The molecule has 34 heavy (non-hydrogen) atoms. The van der Waals surface area contributed by atoms with Crippen LogP contribution in [-0.2, 0) is 4.74 Å². The van der Waals surface area contributed by atoms with Crippen LogP contribution in [0.2, 0.25) is 0 Å². The van der Waals surface area contributed by atoms with Gasteiger partial charge in [0.05, 0.1) is 17.1 Å². The number of ether oxygens (including phenoxy) is 1. The topological polar surface area (TPSA) is 74.0 Å². The minimum absolute atomic E-state index is 0.0145. The van der Waals surface area contributed by atoms with Gasteiger partial charge in [0.1, 0.15) is 0 Å². The van der Waals surface area contributed by atoms with E-state index in [0.717, 1.165) is 59.9 Å². The average Bonchev–Trinajstić information content (AvgIpc) is 3.11. The molecule has 0 amide bonds. The number of aromatic nitrogens is 4. The predicted molar refractivity (Wildman–Crippen MR) is 135 cm³/mol. The second-order valence-electron chi connectivity index (χ2n) is 9.97. The molecule has 1 saturated carbocycles. The third kappa shape index (κ3) is 4.53. The average molecular weight is 462 g/mol. The van der Waals surface area contributed by atoms with Crippen molar-refractivity contribution >= 4 is 5.95 Å². The number of aryl methyl sites for hydroxylation is 1. The summed E-state index contributed by atoms with van der Waals surface area (Å²) >= 11 is 0. The normalized spacial score (nSPS) is 21.5. The van der Waals surface area contributed by atoms with Crippen molar-refractivity contribution in [3.63, 3.8) is 0 Å². The van der Waals surface area contributed by atoms with Crippen molar-refractivity contribution in [2.45, 2.75) is 71.4 Å². The number of nitrogens with zero attached hydrogens (tertiary/aromatic N) is 4. The molecule has 2 fully saturated rings. The van der Waals surface area contributed by atoms with E-state index >= 15 is 0 Å². The third-order valence-electron chi connectivity index (χ3n) is 7.39. The Morgan fingerprint density at radius 1 is 1.03 bits per heavy atom. The zero-order valence-corrected chi connectivity index (χ0v) is 20.5. The van der Waals surface area contributed by atoms with Crippen molar-refractivity contribution in [3.8, 4) is 17.1 Å². The van der Waals surface area contributed by atoms with E-state index in [1.54, 1.807) is 6.20 Å². The van der Waals surface area contributed by atoms with Crippen molar-refractivity contribution in [2.24, 2.45) is 5.92 Å². The molecule has 0 bridgehead atoms. The van der Waals surface area contributed by atoms with Gasteiger partial charge in [-0.25, -0.2) is 14.8 Å². The smallest absolute Gasteiger partial charge is 0.333 e. The zero-order valence-electron chi connectivity index (χ0n) is 20.5. The number of anilines is 1. The molecule has 2 aliphatic rings. The molecular formula is C27H35N5O2. The molecule has 1 saturated heterocycles. The fourth-order valence-electron chi connectivity index (χ4n) is 5.45. The maximum atomic E-state index is 13.9. The van der Waals surface area contributed by atoms with Crippen LogP contribution in [-0.4, -0.2) is 38.4 Å². The molecule has 180 valence electrons. The van der Waals surface area contributed by atoms with E-state index in [1.807, 2.05) is 47.2 Å². The van der Waals surface area contributed by atoms with E-state index in [2.05, 4.69) is 23.3 Å². The van der Waals surface area contributed by atoms with Gasteiger partial charge in [-0.1, -0.05) is 19.1 Å². The van der Waals surface area contributed by atoms with Gasteiger partial charge in [-0.3, -0.25) is 9.13 Å². The van der Waals surface area contributed by atoms with E-state index in [-0.39, 0.29) is 11.7 Å². The van der Waals surface area contributed by atoms with Crippen molar-refractivity contribution in [1.29, 1.82) is 0 Å². The maximum absolute atomic E-state index is 13.9. The minimum atomic E-state index is -0.0145.